The van der Waals surface area contributed by atoms with Crippen molar-refractivity contribution in [2.75, 3.05) is 13.2 Å². The monoisotopic (exact) mass is 681 g/mol. The van der Waals surface area contributed by atoms with Crippen molar-refractivity contribution in [1.29, 1.82) is 0 Å². The zero-order valence-electron chi connectivity index (χ0n) is 22.8. The van der Waals surface area contributed by atoms with Crippen LogP contribution in [0.5, 0.6) is 5.75 Å². The summed E-state index contributed by atoms with van der Waals surface area (Å²) in [6, 6.07) is 16.4. The van der Waals surface area contributed by atoms with Crippen molar-refractivity contribution in [3.05, 3.63) is 101 Å². The Balaban J connectivity index is 1.35. The molecule has 42 heavy (non-hydrogen) atoms. The number of aromatic nitrogens is 2. The van der Waals surface area contributed by atoms with E-state index in [0.717, 1.165) is 30.3 Å². The van der Waals surface area contributed by atoms with E-state index in [1.165, 1.54) is 23.1 Å². The molecule has 0 saturated heterocycles. The molecule has 1 aliphatic rings. The summed E-state index contributed by atoms with van der Waals surface area (Å²) in [4.78, 5) is 36.7. The number of halogens is 1. The molecule has 0 fully saturated rings. The number of nitrogens with zero attached hydrogens (tertiary/aromatic N) is 3. The Hall–Kier alpha value is -3.45. The second-order valence-electron chi connectivity index (χ2n) is 9.16. The molecule has 6 rings (SSSR count). The lowest BCUT2D eigenvalue weighted by Gasteiger charge is -2.24. The first-order valence-corrected chi connectivity index (χ1v) is 16.3. The quantitative estimate of drug-likeness (QED) is 0.177. The Bertz CT molecular complexity index is 2040. The minimum Gasteiger partial charge on any atom is -0.494 e. The van der Waals surface area contributed by atoms with E-state index in [0.29, 0.717) is 38.1 Å². The van der Waals surface area contributed by atoms with Crippen LogP contribution in [0.4, 0.5) is 0 Å². The lowest BCUT2D eigenvalue weighted by Crippen LogP contribution is -2.39. The number of esters is 1. The van der Waals surface area contributed by atoms with Crippen LogP contribution in [0.2, 0.25) is 0 Å². The zero-order valence-corrected chi connectivity index (χ0v) is 26.8. The van der Waals surface area contributed by atoms with Crippen LogP contribution < -0.4 is 19.6 Å². The number of benzene rings is 2. The van der Waals surface area contributed by atoms with Crippen molar-refractivity contribution in [2.45, 2.75) is 36.2 Å². The minimum absolute atomic E-state index is 0.218. The largest absolute Gasteiger partial charge is 0.494 e. The molecule has 12 heteroatoms. The molecule has 0 radical (unpaired) electrons. The molecule has 0 bridgehead atoms. The van der Waals surface area contributed by atoms with Crippen LogP contribution in [0.25, 0.3) is 16.3 Å². The molecular formula is C30H24BrN3O5S3. The van der Waals surface area contributed by atoms with Gasteiger partial charge in [0.25, 0.3) is 5.56 Å². The zero-order chi connectivity index (χ0) is 29.4. The average molecular weight is 683 g/mol. The number of ether oxygens (including phenoxy) is 2. The topological polar surface area (TPSA) is 95.9 Å². The van der Waals surface area contributed by atoms with Gasteiger partial charge >= 0.3 is 5.97 Å². The van der Waals surface area contributed by atoms with Crippen LogP contribution in [0.3, 0.4) is 0 Å². The Kier molecular flexibility index (Phi) is 8.22. The smallest absolute Gasteiger partial charge is 0.338 e. The summed E-state index contributed by atoms with van der Waals surface area (Å²) in [5.74, 6) is 0.858. The van der Waals surface area contributed by atoms with E-state index in [1.807, 2.05) is 61.5 Å². The summed E-state index contributed by atoms with van der Waals surface area (Å²) < 4.78 is 21.8. The highest BCUT2D eigenvalue weighted by Crippen LogP contribution is 2.37. The summed E-state index contributed by atoms with van der Waals surface area (Å²) in [7, 11) is 0. The number of fused-ring (bicyclic) bond motifs is 2. The Morgan fingerprint density at radius 2 is 2.00 bits per heavy atom. The van der Waals surface area contributed by atoms with Gasteiger partial charge in [0, 0.05) is 10.5 Å². The summed E-state index contributed by atoms with van der Waals surface area (Å²) in [5.41, 5.74) is 2.27. The SMILES string of the molecule is CCOC(=O)C1=C(C)N=c2s/c(=C\c3ccc(Sc4nc5ccc(OCC)cc5s4)o3)c(=O)n2[C@H]1c1cccc(Br)c1. The molecule has 8 nitrogen and oxygen atoms in total. The van der Waals surface area contributed by atoms with E-state index in [1.54, 1.807) is 35.8 Å². The molecular weight excluding hydrogens is 658 g/mol. The second kappa shape index (κ2) is 12.0. The summed E-state index contributed by atoms with van der Waals surface area (Å²) in [5, 5.41) is 0.658. The van der Waals surface area contributed by atoms with Crippen molar-refractivity contribution < 1.29 is 18.7 Å². The lowest BCUT2D eigenvalue weighted by molar-refractivity contribution is -0.139. The van der Waals surface area contributed by atoms with Crippen molar-refractivity contribution in [2.24, 2.45) is 4.99 Å². The van der Waals surface area contributed by atoms with Crippen molar-refractivity contribution in [3.63, 3.8) is 0 Å². The molecule has 214 valence electrons. The molecule has 1 aliphatic heterocycles. The maximum absolute atomic E-state index is 13.8. The predicted octanol–water partition coefficient (Wildman–Crippen LogP) is 6.31. The fourth-order valence-electron chi connectivity index (χ4n) is 4.65. The van der Waals surface area contributed by atoms with Crippen molar-refractivity contribution in [1.82, 2.24) is 9.55 Å². The molecule has 5 aromatic rings. The number of rotatable bonds is 8. The third-order valence-electron chi connectivity index (χ3n) is 6.40. The number of carbonyl (C=O) groups excluding carboxylic acids is 1. The van der Waals surface area contributed by atoms with Crippen LogP contribution in [-0.2, 0) is 9.53 Å². The van der Waals surface area contributed by atoms with E-state index in [9.17, 15) is 9.59 Å². The third-order valence-corrected chi connectivity index (χ3v) is 9.87. The van der Waals surface area contributed by atoms with Gasteiger partial charge in [-0.15, -0.1) is 11.3 Å². The number of carbonyl (C=O) groups is 1. The van der Waals surface area contributed by atoms with Gasteiger partial charge in [-0.1, -0.05) is 39.4 Å². The predicted molar refractivity (Wildman–Crippen MR) is 168 cm³/mol. The third kappa shape index (κ3) is 5.63. The van der Waals surface area contributed by atoms with Gasteiger partial charge in [0.1, 0.15) is 11.5 Å². The summed E-state index contributed by atoms with van der Waals surface area (Å²) >= 11 is 7.75. The number of thiazole rings is 2. The maximum Gasteiger partial charge on any atom is 0.338 e. The molecule has 2 aromatic carbocycles. The second-order valence-corrected chi connectivity index (χ2v) is 13.4. The molecule has 0 spiro atoms. The highest BCUT2D eigenvalue weighted by atomic mass is 79.9. The molecule has 4 heterocycles. The first-order valence-electron chi connectivity index (χ1n) is 13.1. The molecule has 3 aromatic heterocycles. The number of furan rings is 1. The maximum atomic E-state index is 13.8. The van der Waals surface area contributed by atoms with Crippen molar-refractivity contribution in [3.8, 4) is 5.75 Å². The van der Waals surface area contributed by atoms with Gasteiger partial charge in [0.15, 0.2) is 14.2 Å². The van der Waals surface area contributed by atoms with Gasteiger partial charge < -0.3 is 13.9 Å². The molecule has 1 atom stereocenters. The van der Waals surface area contributed by atoms with Gasteiger partial charge in [0.05, 0.1) is 45.3 Å². The normalized spacial score (nSPS) is 15.1. The van der Waals surface area contributed by atoms with Gasteiger partial charge in [0.2, 0.25) is 0 Å². The number of allylic oxidation sites excluding steroid dienone is 1. The standard InChI is InChI=1S/C30H24BrN3O5S3/c1-4-37-19-9-11-21-22(14-19)41-30(33-21)42-24-12-10-20(39-24)15-23-27(35)34-26(17-7-6-8-18(31)13-17)25(28(36)38-5-2)16(3)32-29(34)40-23/h6-15,26H,4-5H2,1-3H3/b23-15-/t26-/m0/s1. The van der Waals surface area contributed by atoms with E-state index in [2.05, 4.69) is 20.9 Å². The van der Waals surface area contributed by atoms with Gasteiger partial charge in [-0.25, -0.2) is 14.8 Å². The van der Waals surface area contributed by atoms with E-state index < -0.39 is 12.0 Å². The van der Waals surface area contributed by atoms with Gasteiger partial charge in [-0.2, -0.15) is 0 Å². The van der Waals surface area contributed by atoms with Crippen LogP contribution >= 0.6 is 50.4 Å². The Labute approximate surface area is 261 Å². The van der Waals surface area contributed by atoms with Crippen molar-refractivity contribution >= 4 is 72.6 Å². The van der Waals surface area contributed by atoms with Gasteiger partial charge in [-0.05, 0) is 80.6 Å². The summed E-state index contributed by atoms with van der Waals surface area (Å²) in [6.45, 7) is 6.30. The van der Waals surface area contributed by atoms with E-state index in [4.69, 9.17) is 18.9 Å². The van der Waals surface area contributed by atoms with Crippen LogP contribution in [-0.4, -0.2) is 28.7 Å². The molecule has 0 amide bonds. The number of hydrogen-bond acceptors (Lipinski definition) is 10. The van der Waals surface area contributed by atoms with E-state index >= 15 is 0 Å². The molecule has 0 aliphatic carbocycles. The molecule has 0 N–H and O–H groups in total. The van der Waals surface area contributed by atoms with E-state index in [-0.39, 0.29) is 12.2 Å². The Morgan fingerprint density at radius 3 is 2.79 bits per heavy atom. The minimum atomic E-state index is -0.676. The van der Waals surface area contributed by atoms with Crippen LogP contribution in [0, 0.1) is 0 Å². The highest BCUT2D eigenvalue weighted by Gasteiger charge is 2.33. The van der Waals surface area contributed by atoms with Gasteiger partial charge in [-0.3, -0.25) is 9.36 Å². The first-order chi connectivity index (χ1) is 20.3. The fraction of sp³-hybridized carbons (Fsp3) is 0.200. The molecule has 0 saturated carbocycles. The number of hydrogen-bond donors (Lipinski definition) is 0. The first kappa shape index (κ1) is 28.7. The van der Waals surface area contributed by atoms with Crippen LogP contribution in [0.1, 0.15) is 38.1 Å². The fourth-order valence-corrected chi connectivity index (χ4v) is 8.09. The highest BCUT2D eigenvalue weighted by molar-refractivity contribution is 9.10. The molecule has 0 unspecified atom stereocenters. The Morgan fingerprint density at radius 1 is 1.14 bits per heavy atom. The lowest BCUT2D eigenvalue weighted by atomic mass is 9.96. The average Bonchev–Trinajstić information content (AvgIpc) is 3.65. The van der Waals surface area contributed by atoms with Crippen LogP contribution in [0.15, 0.2) is 94.0 Å². The summed E-state index contributed by atoms with van der Waals surface area (Å²) in [6.07, 6.45) is 1.71.